The van der Waals surface area contributed by atoms with Gasteiger partial charge in [-0.15, -0.1) is 0 Å². The maximum atomic E-state index is 13.1. The summed E-state index contributed by atoms with van der Waals surface area (Å²) in [6, 6.07) is -1.14. The Morgan fingerprint density at radius 2 is 1.08 bits per heavy atom. The molecule has 62 heavy (non-hydrogen) atoms. The first-order valence-electron chi connectivity index (χ1n) is 24.5. The average Bonchev–Trinajstić information content (AvgIpc) is 3.24. The van der Waals surface area contributed by atoms with Gasteiger partial charge >= 0.3 is 10.4 Å². The molecule has 1 aliphatic rings. The van der Waals surface area contributed by atoms with Gasteiger partial charge in [-0.2, -0.15) is 8.42 Å². The molecule has 364 valence electrons. The van der Waals surface area contributed by atoms with Crippen LogP contribution in [0.3, 0.4) is 0 Å². The van der Waals surface area contributed by atoms with Crippen molar-refractivity contribution in [1.82, 2.24) is 5.32 Å². The zero-order valence-electron chi connectivity index (χ0n) is 38.5. The van der Waals surface area contributed by atoms with Crippen molar-refractivity contribution in [2.75, 3.05) is 13.2 Å². The highest BCUT2D eigenvalue weighted by molar-refractivity contribution is 7.80. The highest BCUT2D eigenvalue weighted by Gasteiger charge is 2.48. The topological polar surface area (TPSA) is 212 Å². The summed E-state index contributed by atoms with van der Waals surface area (Å²) in [6.07, 6.45) is 33.6. The van der Waals surface area contributed by atoms with E-state index in [2.05, 4.69) is 47.7 Å². The number of ether oxygens (including phenoxy) is 2. The summed E-state index contributed by atoms with van der Waals surface area (Å²) in [5.74, 6) is -0.717. The lowest BCUT2D eigenvalue weighted by atomic mass is 9.99. The highest BCUT2D eigenvalue weighted by atomic mass is 32.3. The molecule has 1 heterocycles. The van der Waals surface area contributed by atoms with Crippen molar-refractivity contribution in [3.63, 3.8) is 0 Å². The third kappa shape index (κ3) is 30.4. The van der Waals surface area contributed by atoms with Crippen molar-refractivity contribution in [2.24, 2.45) is 0 Å². The fourth-order valence-electron chi connectivity index (χ4n) is 7.59. The second-order valence-corrected chi connectivity index (χ2v) is 18.2. The molecule has 1 aliphatic heterocycles. The van der Waals surface area contributed by atoms with Crippen LogP contribution in [0.5, 0.6) is 0 Å². The number of hydrogen-bond donors (Lipinski definition) is 7. The lowest BCUT2D eigenvalue weighted by molar-refractivity contribution is -0.298. The fourth-order valence-corrected chi connectivity index (χ4v) is 8.10. The van der Waals surface area contributed by atoms with Gasteiger partial charge in [0.15, 0.2) is 6.29 Å². The third-order valence-corrected chi connectivity index (χ3v) is 12.0. The largest absolute Gasteiger partial charge is 0.397 e. The minimum Gasteiger partial charge on any atom is -0.394 e. The molecule has 0 spiro atoms. The molecule has 1 amide bonds. The summed E-state index contributed by atoms with van der Waals surface area (Å²) in [6.45, 7) is 3.20. The van der Waals surface area contributed by atoms with Gasteiger partial charge in [-0.05, 0) is 57.8 Å². The Kier molecular flexibility index (Phi) is 36.2. The van der Waals surface area contributed by atoms with E-state index in [4.69, 9.17) is 9.47 Å². The number of aliphatic hydroxyl groups excluding tert-OH is 5. The van der Waals surface area contributed by atoms with Crippen molar-refractivity contribution in [3.8, 4) is 0 Å². The predicted octanol–water partition coefficient (Wildman–Crippen LogP) is 8.86. The normalized spacial score (nSPS) is 21.3. The third-order valence-electron chi connectivity index (χ3n) is 11.5. The number of carbonyl (C=O) groups excluding carboxylic acids is 1. The quantitative estimate of drug-likeness (QED) is 0.0174. The minimum absolute atomic E-state index is 0.229. The molecule has 13 nitrogen and oxygen atoms in total. The smallest absolute Gasteiger partial charge is 0.394 e. The molecule has 0 radical (unpaired) electrons. The molecule has 8 unspecified atom stereocenters. The molecule has 1 rings (SSSR count). The Morgan fingerprint density at radius 1 is 0.645 bits per heavy atom. The summed E-state index contributed by atoms with van der Waals surface area (Å²) >= 11 is 0. The van der Waals surface area contributed by atoms with Crippen LogP contribution < -0.4 is 5.32 Å². The molecule has 8 atom stereocenters. The number of allylic oxidation sites excluding steroid dienone is 5. The molecule has 1 saturated heterocycles. The SMILES string of the molecule is CCCCCCCC/C=C\CCCCCCCCC(O)C(=O)NC(COC1OC(CO)C(O)C(OS(=O)(=O)O)C1O)C(O)/C=C/CC/C=C/CCCCCCCCCCCCC. The number of rotatable bonds is 41. The molecule has 0 bridgehead atoms. The summed E-state index contributed by atoms with van der Waals surface area (Å²) < 4.78 is 47.5. The first-order valence-corrected chi connectivity index (χ1v) is 25.8. The van der Waals surface area contributed by atoms with E-state index >= 15 is 0 Å². The van der Waals surface area contributed by atoms with Crippen LogP contribution in [0, 0.1) is 0 Å². The fraction of sp³-hybridized carbons (Fsp3) is 0.854. The highest BCUT2D eigenvalue weighted by Crippen LogP contribution is 2.26. The monoisotopic (exact) mass is 904 g/mol. The van der Waals surface area contributed by atoms with E-state index in [0.29, 0.717) is 12.8 Å². The average molecular weight is 904 g/mol. The second-order valence-electron chi connectivity index (χ2n) is 17.2. The van der Waals surface area contributed by atoms with Crippen LogP contribution in [0.15, 0.2) is 36.5 Å². The number of aliphatic hydroxyl groups is 5. The molecule has 7 N–H and O–H groups in total. The zero-order valence-corrected chi connectivity index (χ0v) is 39.4. The Labute approximate surface area is 376 Å². The van der Waals surface area contributed by atoms with Crippen LogP contribution in [0.25, 0.3) is 0 Å². The lowest BCUT2D eigenvalue weighted by Gasteiger charge is -2.41. The first kappa shape index (κ1) is 58.3. The van der Waals surface area contributed by atoms with Crippen LogP contribution >= 0.6 is 0 Å². The van der Waals surface area contributed by atoms with E-state index < -0.39 is 78.5 Å². The molecule has 0 aromatic carbocycles. The zero-order chi connectivity index (χ0) is 45.7. The number of hydrogen-bond acceptors (Lipinski definition) is 11. The van der Waals surface area contributed by atoms with Crippen molar-refractivity contribution < 1.29 is 57.0 Å². The van der Waals surface area contributed by atoms with Gasteiger partial charge in [0, 0.05) is 0 Å². The minimum atomic E-state index is -5.12. The van der Waals surface area contributed by atoms with Crippen molar-refractivity contribution in [3.05, 3.63) is 36.5 Å². The van der Waals surface area contributed by atoms with E-state index in [0.717, 1.165) is 64.2 Å². The van der Waals surface area contributed by atoms with Crippen molar-refractivity contribution >= 4 is 16.3 Å². The van der Waals surface area contributed by atoms with Crippen LogP contribution in [0.1, 0.15) is 200 Å². The molecule has 0 saturated carbocycles. The molecule has 0 aromatic rings. The second kappa shape index (κ2) is 38.5. The Morgan fingerprint density at radius 3 is 1.55 bits per heavy atom. The Balaban J connectivity index is 2.59. The Bertz CT molecular complexity index is 1260. The van der Waals surface area contributed by atoms with Gasteiger partial charge in [0.05, 0.1) is 25.4 Å². The van der Waals surface area contributed by atoms with Gasteiger partial charge in [0.2, 0.25) is 5.91 Å². The number of unbranched alkanes of at least 4 members (excludes halogenated alkanes) is 24. The summed E-state index contributed by atoms with van der Waals surface area (Å²) in [4.78, 5) is 13.1. The van der Waals surface area contributed by atoms with Crippen LogP contribution in [-0.2, 0) is 28.9 Å². The van der Waals surface area contributed by atoms with E-state index in [1.807, 2.05) is 0 Å². The molecule has 0 aliphatic carbocycles. The van der Waals surface area contributed by atoms with E-state index in [9.17, 15) is 43.3 Å². The molecular weight excluding hydrogens is 815 g/mol. The van der Waals surface area contributed by atoms with Gasteiger partial charge in [-0.3, -0.25) is 9.35 Å². The predicted molar refractivity (Wildman–Crippen MR) is 247 cm³/mol. The lowest BCUT2D eigenvalue weighted by Crippen LogP contribution is -2.61. The number of carbonyl (C=O) groups is 1. The first-order chi connectivity index (χ1) is 29.9. The summed E-state index contributed by atoms with van der Waals surface area (Å²) in [5.41, 5.74) is 0. The van der Waals surface area contributed by atoms with Crippen molar-refractivity contribution in [2.45, 2.75) is 249 Å². The maximum Gasteiger partial charge on any atom is 0.397 e. The van der Waals surface area contributed by atoms with Crippen LogP contribution in [0.2, 0.25) is 0 Å². The molecular formula is C48H89NO12S. The van der Waals surface area contributed by atoms with Gasteiger partial charge in [-0.25, -0.2) is 4.18 Å². The van der Waals surface area contributed by atoms with Gasteiger partial charge in [0.25, 0.3) is 0 Å². The number of nitrogens with one attached hydrogen (secondary N) is 1. The number of amides is 1. The van der Waals surface area contributed by atoms with Crippen LogP contribution in [0.4, 0.5) is 0 Å². The Hall–Kier alpha value is -1.72. The standard InChI is InChI=1S/C48H89NO12S/c1-3-5-7-9-11-13-15-17-19-21-23-24-26-28-30-32-34-36-41(51)40(39-59-48-45(54)46(61-62(56,57)58)44(53)43(38-50)60-48)49-47(55)42(52)37-35-33-31-29-27-25-22-20-18-16-14-12-10-8-6-4-2/h18,20,26,28,34,36,40-46,48,50-54H,3-17,19,21-25,27,29-33,35,37-39H2,1-2H3,(H,49,55)(H,56,57,58)/b20-18-,28-26+,36-34+. The van der Waals surface area contributed by atoms with Crippen molar-refractivity contribution in [1.29, 1.82) is 0 Å². The summed E-state index contributed by atoms with van der Waals surface area (Å²) in [5, 5.41) is 55.2. The molecule has 0 aromatic heterocycles. The van der Waals surface area contributed by atoms with E-state index in [1.54, 1.807) is 6.08 Å². The van der Waals surface area contributed by atoms with Gasteiger partial charge in [0.1, 0.15) is 30.5 Å². The molecule has 14 heteroatoms. The van der Waals surface area contributed by atoms with Gasteiger partial charge in [-0.1, -0.05) is 179 Å². The molecule has 1 fully saturated rings. The van der Waals surface area contributed by atoms with Gasteiger partial charge < -0.3 is 40.3 Å². The van der Waals surface area contributed by atoms with E-state index in [-0.39, 0.29) is 6.42 Å². The van der Waals surface area contributed by atoms with Crippen LogP contribution in [-0.4, -0.2) is 107 Å². The summed E-state index contributed by atoms with van der Waals surface area (Å²) in [7, 11) is -5.12. The maximum absolute atomic E-state index is 13.1. The van der Waals surface area contributed by atoms with E-state index in [1.165, 1.54) is 109 Å².